The number of anilines is 1. The van der Waals surface area contributed by atoms with E-state index in [9.17, 15) is 13.2 Å². The second-order valence-corrected chi connectivity index (χ2v) is 10.7. The molecule has 1 amide bonds. The van der Waals surface area contributed by atoms with Gasteiger partial charge >= 0.3 is 0 Å². The van der Waals surface area contributed by atoms with Crippen molar-refractivity contribution in [2.75, 3.05) is 36.1 Å². The molecule has 1 aromatic carbocycles. The first-order valence-corrected chi connectivity index (χ1v) is 12.7. The Morgan fingerprint density at radius 3 is 2.71 bits per heavy atom. The Kier molecular flexibility index (Phi) is 6.55. The van der Waals surface area contributed by atoms with E-state index in [4.69, 9.17) is 9.15 Å². The Morgan fingerprint density at radius 1 is 1.19 bits per heavy atom. The van der Waals surface area contributed by atoms with Crippen molar-refractivity contribution in [1.29, 1.82) is 0 Å². The number of benzene rings is 1. The van der Waals surface area contributed by atoms with Crippen molar-refractivity contribution in [3.63, 3.8) is 0 Å². The third-order valence-corrected chi connectivity index (χ3v) is 7.71. The number of sulfone groups is 1. The largest absolute Gasteiger partial charge is 0.484 e. The maximum absolute atomic E-state index is 13.1. The summed E-state index contributed by atoms with van der Waals surface area (Å²) in [4.78, 5) is 16.9. The van der Waals surface area contributed by atoms with Crippen LogP contribution in [0.1, 0.15) is 37.0 Å². The Morgan fingerprint density at radius 2 is 2.00 bits per heavy atom. The zero-order valence-electron chi connectivity index (χ0n) is 18.0. The van der Waals surface area contributed by atoms with Gasteiger partial charge in [-0.2, -0.15) is 0 Å². The molecule has 0 saturated carbocycles. The molecule has 0 N–H and O–H groups in total. The molecule has 1 unspecified atom stereocenters. The van der Waals surface area contributed by atoms with E-state index in [2.05, 4.69) is 4.90 Å². The van der Waals surface area contributed by atoms with Crippen molar-refractivity contribution in [3.8, 4) is 5.75 Å². The minimum absolute atomic E-state index is 0.0110. The molecule has 0 aliphatic carbocycles. The molecule has 0 radical (unpaired) electrons. The number of carbonyl (C=O) groups excluding carboxylic acids is 1. The predicted octanol–water partition coefficient (Wildman–Crippen LogP) is 3.17. The zero-order chi connectivity index (χ0) is 21.8. The van der Waals surface area contributed by atoms with Crippen LogP contribution in [0.3, 0.4) is 0 Å². The highest BCUT2D eigenvalue weighted by Crippen LogP contribution is 2.26. The molecule has 1 atom stereocenters. The molecule has 31 heavy (non-hydrogen) atoms. The summed E-state index contributed by atoms with van der Waals surface area (Å²) in [6.07, 6.45) is 3.98. The van der Waals surface area contributed by atoms with Crippen molar-refractivity contribution in [3.05, 3.63) is 47.7 Å². The number of hydrogen-bond acceptors (Lipinski definition) is 6. The van der Waals surface area contributed by atoms with E-state index in [1.54, 1.807) is 4.90 Å². The van der Waals surface area contributed by atoms with E-state index in [0.717, 1.165) is 37.4 Å². The SMILES string of the molecule is Cc1cccc(OCC(=O)N(Cc2ccc(N3CCCCC3)o2)C2CCS(=O)(=O)C2)c1. The molecule has 168 valence electrons. The van der Waals surface area contributed by atoms with Gasteiger partial charge < -0.3 is 19.0 Å². The summed E-state index contributed by atoms with van der Waals surface area (Å²) in [5, 5.41) is 0. The number of furan rings is 1. The summed E-state index contributed by atoms with van der Waals surface area (Å²) in [5.74, 6) is 1.96. The van der Waals surface area contributed by atoms with Gasteiger partial charge in [0, 0.05) is 25.2 Å². The smallest absolute Gasteiger partial charge is 0.261 e. The lowest BCUT2D eigenvalue weighted by molar-refractivity contribution is -0.136. The van der Waals surface area contributed by atoms with E-state index >= 15 is 0 Å². The first-order chi connectivity index (χ1) is 14.9. The molecule has 0 spiro atoms. The number of hydrogen-bond donors (Lipinski definition) is 0. The summed E-state index contributed by atoms with van der Waals surface area (Å²) in [7, 11) is -3.12. The van der Waals surface area contributed by atoms with Crippen LogP contribution >= 0.6 is 0 Å². The number of rotatable bonds is 7. The molecular weight excluding hydrogens is 416 g/mol. The highest BCUT2D eigenvalue weighted by Gasteiger charge is 2.35. The average Bonchev–Trinajstić information content (AvgIpc) is 3.37. The van der Waals surface area contributed by atoms with E-state index in [1.807, 2.05) is 43.3 Å². The van der Waals surface area contributed by atoms with Crippen LogP contribution in [-0.4, -0.2) is 56.5 Å². The van der Waals surface area contributed by atoms with Gasteiger partial charge in [0.05, 0.1) is 18.1 Å². The van der Waals surface area contributed by atoms with Crippen LogP contribution in [-0.2, 0) is 21.2 Å². The van der Waals surface area contributed by atoms with E-state index < -0.39 is 9.84 Å². The minimum atomic E-state index is -3.12. The van der Waals surface area contributed by atoms with Gasteiger partial charge in [-0.25, -0.2) is 8.42 Å². The van der Waals surface area contributed by atoms with Crippen molar-refractivity contribution in [2.24, 2.45) is 0 Å². The molecular formula is C23H30N2O5S. The van der Waals surface area contributed by atoms with Crippen LogP contribution in [0.15, 0.2) is 40.8 Å². The topological polar surface area (TPSA) is 80.1 Å². The van der Waals surface area contributed by atoms with Gasteiger partial charge in [0.1, 0.15) is 11.5 Å². The molecule has 7 nitrogen and oxygen atoms in total. The highest BCUT2D eigenvalue weighted by molar-refractivity contribution is 7.91. The van der Waals surface area contributed by atoms with Crippen LogP contribution < -0.4 is 9.64 Å². The average molecular weight is 447 g/mol. The van der Waals surface area contributed by atoms with Gasteiger partial charge in [0.2, 0.25) is 0 Å². The van der Waals surface area contributed by atoms with Crippen molar-refractivity contribution in [2.45, 2.75) is 45.2 Å². The molecule has 1 aromatic heterocycles. The number of nitrogens with zero attached hydrogens (tertiary/aromatic N) is 2. The van der Waals surface area contributed by atoms with Gasteiger partial charge in [-0.3, -0.25) is 4.79 Å². The molecule has 4 rings (SSSR count). The lowest BCUT2D eigenvalue weighted by Gasteiger charge is -2.28. The van der Waals surface area contributed by atoms with Crippen molar-refractivity contribution < 1.29 is 22.4 Å². The molecule has 0 bridgehead atoms. The van der Waals surface area contributed by atoms with Gasteiger partial charge in [-0.15, -0.1) is 0 Å². The molecule has 2 aliphatic heterocycles. The van der Waals surface area contributed by atoms with Gasteiger partial charge in [-0.05, 0) is 56.4 Å². The fourth-order valence-electron chi connectivity index (χ4n) is 4.28. The molecule has 2 aliphatic rings. The first-order valence-electron chi connectivity index (χ1n) is 10.9. The lowest BCUT2D eigenvalue weighted by Crippen LogP contribution is -2.43. The predicted molar refractivity (Wildman–Crippen MR) is 119 cm³/mol. The monoisotopic (exact) mass is 446 g/mol. The third-order valence-electron chi connectivity index (χ3n) is 5.96. The quantitative estimate of drug-likeness (QED) is 0.650. The number of piperidine rings is 1. The Bertz CT molecular complexity index is 1010. The Hall–Kier alpha value is -2.48. The van der Waals surface area contributed by atoms with Crippen LogP contribution in [0.2, 0.25) is 0 Å². The van der Waals surface area contributed by atoms with Gasteiger partial charge in [-0.1, -0.05) is 12.1 Å². The summed E-state index contributed by atoms with van der Waals surface area (Å²) in [6, 6.07) is 11.0. The highest BCUT2D eigenvalue weighted by atomic mass is 32.2. The third kappa shape index (κ3) is 5.61. The van der Waals surface area contributed by atoms with Crippen molar-refractivity contribution in [1.82, 2.24) is 4.90 Å². The number of ether oxygens (including phenoxy) is 1. The van der Waals surface area contributed by atoms with Gasteiger partial charge in [0.15, 0.2) is 22.3 Å². The van der Waals surface area contributed by atoms with E-state index in [-0.39, 0.29) is 36.6 Å². The molecule has 2 saturated heterocycles. The maximum atomic E-state index is 13.1. The second kappa shape index (κ2) is 9.34. The minimum Gasteiger partial charge on any atom is -0.484 e. The fraction of sp³-hybridized carbons (Fsp3) is 0.522. The van der Waals surface area contributed by atoms with Crippen LogP contribution in [0.25, 0.3) is 0 Å². The molecule has 3 heterocycles. The lowest BCUT2D eigenvalue weighted by atomic mass is 10.1. The summed E-state index contributed by atoms with van der Waals surface area (Å²) in [5.41, 5.74) is 1.05. The second-order valence-electron chi connectivity index (χ2n) is 8.47. The van der Waals surface area contributed by atoms with E-state index in [0.29, 0.717) is 17.9 Å². The standard InChI is InChI=1S/C23H30N2O5S/c1-18-6-5-7-20(14-18)29-16-22(26)25(19-10-13-31(27,28)17-19)15-21-8-9-23(30-21)24-11-3-2-4-12-24/h5-9,14,19H,2-4,10-13,15-17H2,1H3. The Labute approximate surface area is 183 Å². The van der Waals surface area contributed by atoms with Crippen molar-refractivity contribution >= 4 is 21.6 Å². The number of amides is 1. The normalized spacial score (nSPS) is 20.5. The zero-order valence-corrected chi connectivity index (χ0v) is 18.8. The summed E-state index contributed by atoms with van der Waals surface area (Å²) in [6.45, 7) is 4.01. The summed E-state index contributed by atoms with van der Waals surface area (Å²) >= 11 is 0. The van der Waals surface area contributed by atoms with Crippen LogP contribution in [0, 0.1) is 6.92 Å². The molecule has 2 fully saturated rings. The van der Waals surface area contributed by atoms with Crippen LogP contribution in [0.5, 0.6) is 5.75 Å². The number of aryl methyl sites for hydroxylation is 1. The Balaban J connectivity index is 1.46. The number of carbonyl (C=O) groups is 1. The fourth-order valence-corrected chi connectivity index (χ4v) is 6.01. The molecule has 8 heteroatoms. The first kappa shape index (κ1) is 21.7. The maximum Gasteiger partial charge on any atom is 0.261 e. The van der Waals surface area contributed by atoms with Crippen LogP contribution in [0.4, 0.5) is 5.88 Å². The summed E-state index contributed by atoms with van der Waals surface area (Å²) < 4.78 is 35.8. The van der Waals surface area contributed by atoms with Gasteiger partial charge in [0.25, 0.3) is 5.91 Å². The molecule has 2 aromatic rings. The van der Waals surface area contributed by atoms with E-state index in [1.165, 1.54) is 6.42 Å².